The average Bonchev–Trinajstić information content (AvgIpc) is 2.58. The van der Waals surface area contributed by atoms with Gasteiger partial charge in [-0.15, -0.1) is 0 Å². The normalized spacial score (nSPS) is 19.6. The molecule has 0 aromatic heterocycles. The standard InChI is InChI=1S/C19H25NO4/c1-22-15-10-9-14-13(8-7-12-5-4-6-12)11-16(23-2)20-18(14)17(15)19(21)24-3/h9-12,16,20H,4-8H2,1-3H3. The van der Waals surface area contributed by atoms with E-state index in [2.05, 4.69) is 11.4 Å². The molecular formula is C19H25NO4. The number of benzene rings is 1. The highest BCUT2D eigenvalue weighted by atomic mass is 16.5. The van der Waals surface area contributed by atoms with Crippen LogP contribution in [0.5, 0.6) is 5.75 Å². The molecule has 1 heterocycles. The van der Waals surface area contributed by atoms with E-state index in [1.54, 1.807) is 14.2 Å². The van der Waals surface area contributed by atoms with Crippen molar-refractivity contribution in [3.63, 3.8) is 0 Å². The Labute approximate surface area is 143 Å². The summed E-state index contributed by atoms with van der Waals surface area (Å²) in [4.78, 5) is 12.3. The molecule has 1 aromatic rings. The van der Waals surface area contributed by atoms with Gasteiger partial charge in [-0.1, -0.05) is 19.3 Å². The van der Waals surface area contributed by atoms with Crippen molar-refractivity contribution in [3.8, 4) is 5.75 Å². The number of fused-ring (bicyclic) bond motifs is 1. The number of rotatable bonds is 6. The van der Waals surface area contributed by atoms with Gasteiger partial charge in [-0.2, -0.15) is 0 Å². The molecule has 1 aromatic carbocycles. The highest BCUT2D eigenvalue weighted by Gasteiger charge is 2.28. The summed E-state index contributed by atoms with van der Waals surface area (Å²) < 4.78 is 15.8. The number of methoxy groups -OCH3 is 3. The highest BCUT2D eigenvalue weighted by Crippen LogP contribution is 2.41. The SMILES string of the molecule is COC(=O)c1c(OC)ccc2c1NC(OC)C=C2CCC1CCC1. The van der Waals surface area contributed by atoms with Gasteiger partial charge >= 0.3 is 5.97 Å². The molecule has 0 saturated heterocycles. The van der Waals surface area contributed by atoms with Crippen molar-refractivity contribution in [3.05, 3.63) is 29.3 Å². The van der Waals surface area contributed by atoms with E-state index in [0.29, 0.717) is 11.3 Å². The summed E-state index contributed by atoms with van der Waals surface area (Å²) in [6.45, 7) is 0. The Morgan fingerprint density at radius 3 is 2.62 bits per heavy atom. The van der Waals surface area contributed by atoms with Gasteiger partial charge in [0, 0.05) is 12.7 Å². The predicted molar refractivity (Wildman–Crippen MR) is 93.3 cm³/mol. The molecule has 1 aliphatic heterocycles. The summed E-state index contributed by atoms with van der Waals surface area (Å²) in [6.07, 6.45) is 8.04. The molecule has 3 rings (SSSR count). The van der Waals surface area contributed by atoms with Crippen LogP contribution in [-0.4, -0.2) is 33.5 Å². The number of hydrogen-bond donors (Lipinski definition) is 1. The van der Waals surface area contributed by atoms with Gasteiger partial charge < -0.3 is 19.5 Å². The van der Waals surface area contributed by atoms with Gasteiger partial charge in [0.1, 0.15) is 17.5 Å². The number of carbonyl (C=O) groups excluding carboxylic acids is 1. The predicted octanol–water partition coefficient (Wildman–Crippen LogP) is 3.84. The smallest absolute Gasteiger partial charge is 0.343 e. The first-order valence-corrected chi connectivity index (χ1v) is 8.47. The number of allylic oxidation sites excluding steroid dienone is 1. The molecule has 24 heavy (non-hydrogen) atoms. The van der Waals surface area contributed by atoms with Gasteiger partial charge in [0.25, 0.3) is 0 Å². The lowest BCUT2D eigenvalue weighted by Crippen LogP contribution is -2.26. The molecule has 1 aliphatic carbocycles. The summed E-state index contributed by atoms with van der Waals surface area (Å²) in [7, 11) is 4.59. The van der Waals surface area contributed by atoms with E-state index in [-0.39, 0.29) is 6.23 Å². The van der Waals surface area contributed by atoms with E-state index < -0.39 is 5.97 Å². The third kappa shape index (κ3) is 3.13. The van der Waals surface area contributed by atoms with Crippen LogP contribution in [0.1, 0.15) is 48.0 Å². The van der Waals surface area contributed by atoms with E-state index in [9.17, 15) is 4.79 Å². The van der Waals surface area contributed by atoms with Crippen molar-refractivity contribution in [2.24, 2.45) is 5.92 Å². The molecule has 0 spiro atoms. The molecular weight excluding hydrogens is 306 g/mol. The summed E-state index contributed by atoms with van der Waals surface area (Å²) in [5, 5.41) is 3.27. The van der Waals surface area contributed by atoms with Crippen LogP contribution < -0.4 is 10.1 Å². The maximum Gasteiger partial charge on any atom is 0.343 e. The molecule has 0 bridgehead atoms. The summed E-state index contributed by atoms with van der Waals surface area (Å²) in [6, 6.07) is 3.84. The molecule has 5 nitrogen and oxygen atoms in total. The fourth-order valence-corrected chi connectivity index (χ4v) is 3.42. The second kappa shape index (κ2) is 7.26. The number of carbonyl (C=O) groups is 1. The Kier molecular flexibility index (Phi) is 5.09. The van der Waals surface area contributed by atoms with Crippen LogP contribution in [0.4, 0.5) is 5.69 Å². The van der Waals surface area contributed by atoms with Crippen LogP contribution in [0.25, 0.3) is 5.57 Å². The number of anilines is 1. The zero-order valence-electron chi connectivity index (χ0n) is 14.6. The Bertz CT molecular complexity index is 649. The quantitative estimate of drug-likeness (QED) is 0.803. The molecule has 2 aliphatic rings. The van der Waals surface area contributed by atoms with Crippen LogP contribution in [0.3, 0.4) is 0 Å². The van der Waals surface area contributed by atoms with Gasteiger partial charge in [-0.05, 0) is 42.5 Å². The topological polar surface area (TPSA) is 56.8 Å². The molecule has 0 radical (unpaired) electrons. The first-order valence-electron chi connectivity index (χ1n) is 8.47. The molecule has 1 N–H and O–H groups in total. The first-order chi connectivity index (χ1) is 11.7. The lowest BCUT2D eigenvalue weighted by Gasteiger charge is -2.30. The molecule has 130 valence electrons. The van der Waals surface area contributed by atoms with E-state index in [1.807, 2.05) is 12.1 Å². The second-order valence-corrected chi connectivity index (χ2v) is 6.39. The van der Waals surface area contributed by atoms with Crippen LogP contribution in [0.2, 0.25) is 0 Å². The van der Waals surface area contributed by atoms with Crippen molar-refractivity contribution < 1.29 is 19.0 Å². The zero-order chi connectivity index (χ0) is 17.1. The summed E-state index contributed by atoms with van der Waals surface area (Å²) in [5.74, 6) is 0.929. The number of hydrogen-bond acceptors (Lipinski definition) is 5. The van der Waals surface area contributed by atoms with Crippen molar-refractivity contribution in [2.75, 3.05) is 26.6 Å². The van der Waals surface area contributed by atoms with E-state index in [4.69, 9.17) is 14.2 Å². The van der Waals surface area contributed by atoms with Crippen molar-refractivity contribution in [1.82, 2.24) is 0 Å². The zero-order valence-corrected chi connectivity index (χ0v) is 14.6. The molecule has 1 saturated carbocycles. The van der Waals surface area contributed by atoms with E-state index >= 15 is 0 Å². The monoisotopic (exact) mass is 331 g/mol. The molecule has 1 fully saturated rings. The van der Waals surface area contributed by atoms with Gasteiger partial charge in [0.05, 0.1) is 19.9 Å². The molecule has 5 heteroatoms. The Balaban J connectivity index is 1.97. The minimum Gasteiger partial charge on any atom is -0.496 e. The minimum atomic E-state index is -0.411. The van der Waals surface area contributed by atoms with Gasteiger partial charge in [0.2, 0.25) is 0 Å². The van der Waals surface area contributed by atoms with Crippen LogP contribution in [0, 0.1) is 5.92 Å². The lowest BCUT2D eigenvalue weighted by molar-refractivity contribution is 0.0597. The third-order valence-electron chi connectivity index (χ3n) is 5.06. The maximum absolute atomic E-state index is 12.3. The van der Waals surface area contributed by atoms with Crippen LogP contribution in [0.15, 0.2) is 18.2 Å². The largest absolute Gasteiger partial charge is 0.496 e. The Hall–Kier alpha value is -2.01. The molecule has 1 atom stereocenters. The average molecular weight is 331 g/mol. The van der Waals surface area contributed by atoms with Crippen LogP contribution >= 0.6 is 0 Å². The fourth-order valence-electron chi connectivity index (χ4n) is 3.42. The summed E-state index contributed by atoms with van der Waals surface area (Å²) >= 11 is 0. The third-order valence-corrected chi connectivity index (χ3v) is 5.06. The molecule has 1 unspecified atom stereocenters. The van der Waals surface area contributed by atoms with E-state index in [1.165, 1.54) is 38.4 Å². The van der Waals surface area contributed by atoms with Gasteiger partial charge in [-0.25, -0.2) is 4.79 Å². The van der Waals surface area contributed by atoms with Gasteiger partial charge in [-0.3, -0.25) is 0 Å². The number of ether oxygens (including phenoxy) is 3. The first kappa shape index (κ1) is 16.8. The lowest BCUT2D eigenvalue weighted by atomic mass is 9.80. The second-order valence-electron chi connectivity index (χ2n) is 6.39. The van der Waals surface area contributed by atoms with Gasteiger partial charge in [0.15, 0.2) is 0 Å². The van der Waals surface area contributed by atoms with Crippen LogP contribution in [-0.2, 0) is 9.47 Å². The minimum absolute atomic E-state index is 0.260. The Morgan fingerprint density at radius 2 is 2.04 bits per heavy atom. The fraction of sp³-hybridized carbons (Fsp3) is 0.526. The van der Waals surface area contributed by atoms with E-state index in [0.717, 1.165) is 23.6 Å². The van der Waals surface area contributed by atoms with Crippen molar-refractivity contribution in [2.45, 2.75) is 38.3 Å². The van der Waals surface area contributed by atoms with Crippen molar-refractivity contribution in [1.29, 1.82) is 0 Å². The highest BCUT2D eigenvalue weighted by molar-refractivity contribution is 6.02. The Morgan fingerprint density at radius 1 is 1.25 bits per heavy atom. The van der Waals surface area contributed by atoms with Crippen molar-refractivity contribution >= 4 is 17.2 Å². The number of esters is 1. The molecule has 0 amide bonds. The summed E-state index contributed by atoms with van der Waals surface area (Å²) in [5.41, 5.74) is 3.41. The maximum atomic E-state index is 12.3. The number of nitrogens with one attached hydrogen (secondary N) is 1.